The van der Waals surface area contributed by atoms with E-state index in [9.17, 15) is 13.2 Å². The molecule has 0 amide bonds. The highest BCUT2D eigenvalue weighted by Crippen LogP contribution is 2.33. The number of nitrogens with zero attached hydrogens (tertiary/aromatic N) is 3. The number of hydrogen-bond donors (Lipinski definition) is 0. The molecule has 0 atom stereocenters. The molecule has 0 fully saturated rings. The van der Waals surface area contributed by atoms with Gasteiger partial charge in [0.2, 0.25) is 0 Å². The lowest BCUT2D eigenvalue weighted by Crippen LogP contribution is -2.04. The smallest absolute Gasteiger partial charge is 0.191 e. The van der Waals surface area contributed by atoms with Crippen LogP contribution in [0.3, 0.4) is 0 Å². The fourth-order valence-electron chi connectivity index (χ4n) is 0.450. The molecule has 0 unspecified atom stereocenters. The van der Waals surface area contributed by atoms with Gasteiger partial charge in [-0.1, -0.05) is 4.49 Å². The van der Waals surface area contributed by atoms with E-state index in [1.807, 2.05) is 0 Å². The molecule has 0 saturated carbocycles. The minimum Gasteiger partial charge on any atom is -0.191 e. The first-order valence-electron chi connectivity index (χ1n) is 2.35. The van der Waals surface area contributed by atoms with E-state index in [1.54, 1.807) is 0 Å². The zero-order valence-corrected chi connectivity index (χ0v) is 5.70. The molecule has 0 aliphatic heterocycles. The minimum absolute atomic E-state index is 0.172. The molecule has 0 spiro atoms. The van der Waals surface area contributed by atoms with Gasteiger partial charge < -0.3 is 0 Å². The topological polar surface area (TPSA) is 49.6 Å². The normalized spacial score (nSPS) is 11.1. The second-order valence-electron chi connectivity index (χ2n) is 1.56. The zero-order valence-electron chi connectivity index (χ0n) is 4.88. The number of alkyl halides is 3. The maximum Gasteiger partial charge on any atom is 0.430 e. The molecule has 0 aliphatic carbocycles. The van der Waals surface area contributed by atoms with Crippen LogP contribution in [0.1, 0.15) is 10.6 Å². The highest BCUT2D eigenvalue weighted by atomic mass is 32.1. The van der Waals surface area contributed by atoms with Crippen LogP contribution in [-0.4, -0.2) is 9.59 Å². The van der Waals surface area contributed by atoms with E-state index in [0.29, 0.717) is 0 Å². The predicted molar refractivity (Wildman–Crippen MR) is 29.6 cm³/mol. The van der Waals surface area contributed by atoms with Gasteiger partial charge in [-0.25, -0.2) is 0 Å². The SMILES string of the molecule is N#Cc1nnsc1C(F)(F)F. The lowest BCUT2D eigenvalue weighted by atomic mass is 10.4. The molecular weight excluding hydrogens is 179 g/mol. The monoisotopic (exact) mass is 179 g/mol. The van der Waals surface area contributed by atoms with Crippen molar-refractivity contribution in [2.24, 2.45) is 0 Å². The molecule has 0 aromatic carbocycles. The van der Waals surface area contributed by atoms with E-state index in [2.05, 4.69) is 9.59 Å². The van der Waals surface area contributed by atoms with Gasteiger partial charge in [-0.05, 0) is 11.5 Å². The fraction of sp³-hybridized carbons (Fsp3) is 0.250. The molecule has 0 N–H and O–H groups in total. The molecule has 7 heteroatoms. The minimum atomic E-state index is -4.51. The summed E-state index contributed by atoms with van der Waals surface area (Å²) < 4.78 is 38.6. The Morgan fingerprint density at radius 2 is 2.09 bits per heavy atom. The van der Waals surface area contributed by atoms with Gasteiger partial charge in [0.05, 0.1) is 0 Å². The number of rotatable bonds is 0. The fourth-order valence-corrected chi connectivity index (χ4v) is 0.930. The Balaban J connectivity index is 3.15. The van der Waals surface area contributed by atoms with Gasteiger partial charge >= 0.3 is 6.18 Å². The van der Waals surface area contributed by atoms with Crippen LogP contribution in [0.15, 0.2) is 0 Å². The van der Waals surface area contributed by atoms with Gasteiger partial charge in [0.25, 0.3) is 0 Å². The molecule has 0 aliphatic rings. The summed E-state index contributed by atoms with van der Waals surface area (Å²) >= 11 is 0.172. The Bertz CT molecular complexity index is 296. The van der Waals surface area contributed by atoms with E-state index < -0.39 is 16.7 Å². The third kappa shape index (κ3) is 1.46. The van der Waals surface area contributed by atoms with Crippen LogP contribution in [0.4, 0.5) is 13.2 Å². The van der Waals surface area contributed by atoms with Crippen LogP contribution < -0.4 is 0 Å². The summed E-state index contributed by atoms with van der Waals surface area (Å²) in [5, 5.41) is 11.1. The van der Waals surface area contributed by atoms with E-state index in [-0.39, 0.29) is 11.5 Å². The number of halogens is 3. The molecule has 0 saturated heterocycles. The van der Waals surface area contributed by atoms with Crippen molar-refractivity contribution in [1.82, 2.24) is 9.59 Å². The molecule has 1 aromatic heterocycles. The second-order valence-corrected chi connectivity index (χ2v) is 2.31. The van der Waals surface area contributed by atoms with Crippen LogP contribution in [-0.2, 0) is 6.18 Å². The van der Waals surface area contributed by atoms with Gasteiger partial charge in [-0.3, -0.25) is 0 Å². The molecule has 1 rings (SSSR count). The largest absolute Gasteiger partial charge is 0.430 e. The average Bonchev–Trinajstić information content (AvgIpc) is 2.31. The molecule has 1 heterocycles. The third-order valence-electron chi connectivity index (χ3n) is 0.851. The summed E-state index contributed by atoms with van der Waals surface area (Å²) in [5.74, 6) is 0. The maximum absolute atomic E-state index is 11.8. The molecule has 0 radical (unpaired) electrons. The molecule has 58 valence electrons. The van der Waals surface area contributed by atoms with Gasteiger partial charge in [0.1, 0.15) is 6.07 Å². The van der Waals surface area contributed by atoms with Crippen molar-refractivity contribution in [3.63, 3.8) is 0 Å². The van der Waals surface area contributed by atoms with Gasteiger partial charge in [0, 0.05) is 0 Å². The van der Waals surface area contributed by atoms with Crippen LogP contribution in [0, 0.1) is 11.3 Å². The first kappa shape index (κ1) is 7.94. The van der Waals surface area contributed by atoms with Crippen molar-refractivity contribution in [3.05, 3.63) is 10.6 Å². The highest BCUT2D eigenvalue weighted by molar-refractivity contribution is 7.05. The molecule has 3 nitrogen and oxygen atoms in total. The van der Waals surface area contributed by atoms with Gasteiger partial charge in [-0.2, -0.15) is 18.4 Å². The first-order chi connectivity index (χ1) is 5.05. The predicted octanol–water partition coefficient (Wildman–Crippen LogP) is 1.43. The summed E-state index contributed by atoms with van der Waals surface area (Å²) in [5.41, 5.74) is -0.664. The number of hydrogen-bond acceptors (Lipinski definition) is 4. The van der Waals surface area contributed by atoms with Crippen molar-refractivity contribution in [2.75, 3.05) is 0 Å². The van der Waals surface area contributed by atoms with E-state index >= 15 is 0 Å². The van der Waals surface area contributed by atoms with Crippen LogP contribution in [0.5, 0.6) is 0 Å². The van der Waals surface area contributed by atoms with Crippen molar-refractivity contribution in [2.45, 2.75) is 6.18 Å². The average molecular weight is 179 g/mol. The Kier molecular flexibility index (Phi) is 1.78. The van der Waals surface area contributed by atoms with Crippen LogP contribution in [0.25, 0.3) is 0 Å². The van der Waals surface area contributed by atoms with Crippen LogP contribution >= 0.6 is 11.5 Å². The van der Waals surface area contributed by atoms with Crippen molar-refractivity contribution >= 4 is 11.5 Å². The maximum atomic E-state index is 11.8. The lowest BCUT2D eigenvalue weighted by Gasteiger charge is -1.99. The standard InChI is InChI=1S/C4F3N3S/c5-4(6,7)3-2(1-8)9-10-11-3. The summed E-state index contributed by atoms with van der Waals surface area (Å²) in [6.45, 7) is 0. The lowest BCUT2D eigenvalue weighted by molar-refractivity contribution is -0.134. The molecule has 11 heavy (non-hydrogen) atoms. The van der Waals surface area contributed by atoms with Crippen molar-refractivity contribution in [1.29, 1.82) is 5.26 Å². The highest BCUT2D eigenvalue weighted by Gasteiger charge is 2.37. The van der Waals surface area contributed by atoms with Gasteiger partial charge in [0.15, 0.2) is 10.6 Å². The quantitative estimate of drug-likeness (QED) is 0.605. The van der Waals surface area contributed by atoms with Crippen molar-refractivity contribution < 1.29 is 13.2 Å². The zero-order chi connectivity index (χ0) is 8.48. The Morgan fingerprint density at radius 3 is 2.45 bits per heavy atom. The first-order valence-corrected chi connectivity index (χ1v) is 3.12. The van der Waals surface area contributed by atoms with Crippen molar-refractivity contribution in [3.8, 4) is 6.07 Å². The Labute approximate surface area is 63.2 Å². The number of aromatic nitrogens is 2. The number of nitriles is 1. The molecular formula is C4F3N3S. The van der Waals surface area contributed by atoms with E-state index in [1.165, 1.54) is 6.07 Å². The summed E-state index contributed by atoms with van der Waals surface area (Å²) in [6, 6.07) is 1.30. The van der Waals surface area contributed by atoms with Crippen LogP contribution in [0.2, 0.25) is 0 Å². The Hall–Kier alpha value is -1.16. The molecule has 0 bridgehead atoms. The van der Waals surface area contributed by atoms with E-state index in [0.717, 1.165) is 0 Å². The summed E-state index contributed by atoms with van der Waals surface area (Å²) in [4.78, 5) is -1.04. The molecule has 1 aromatic rings. The third-order valence-corrected chi connectivity index (χ3v) is 1.62. The summed E-state index contributed by atoms with van der Waals surface area (Å²) in [7, 11) is 0. The van der Waals surface area contributed by atoms with Gasteiger partial charge in [-0.15, -0.1) is 5.10 Å². The van der Waals surface area contributed by atoms with E-state index in [4.69, 9.17) is 5.26 Å². The second kappa shape index (κ2) is 2.47. The Morgan fingerprint density at radius 1 is 1.45 bits per heavy atom. The summed E-state index contributed by atoms with van der Waals surface area (Å²) in [6.07, 6.45) is -4.51.